The molecule has 0 fully saturated rings. The Morgan fingerprint density at radius 3 is 2.67 bits per heavy atom. The molecule has 21 heavy (non-hydrogen) atoms. The van der Waals surface area contributed by atoms with Crippen LogP contribution in [0.3, 0.4) is 0 Å². The normalized spacial score (nSPS) is 11.0. The summed E-state index contributed by atoms with van der Waals surface area (Å²) >= 11 is 1.24. The molecule has 0 saturated heterocycles. The van der Waals surface area contributed by atoms with Crippen molar-refractivity contribution in [1.29, 1.82) is 0 Å². The second kappa shape index (κ2) is 7.82. The summed E-state index contributed by atoms with van der Waals surface area (Å²) in [6, 6.07) is 3.33. The van der Waals surface area contributed by atoms with Gasteiger partial charge in [0.15, 0.2) is 0 Å². The van der Waals surface area contributed by atoms with Crippen molar-refractivity contribution in [3.63, 3.8) is 0 Å². The van der Waals surface area contributed by atoms with Crippen LogP contribution in [-0.4, -0.2) is 42.5 Å². The van der Waals surface area contributed by atoms with Crippen molar-refractivity contribution in [1.82, 2.24) is 10.2 Å². The molecule has 8 heteroatoms. The molecular formula is C13H15F3N2O2S. The van der Waals surface area contributed by atoms with E-state index in [1.165, 1.54) is 17.4 Å². The van der Waals surface area contributed by atoms with E-state index in [4.69, 9.17) is 0 Å². The molecule has 0 aliphatic carbocycles. The van der Waals surface area contributed by atoms with Gasteiger partial charge < -0.3 is 10.2 Å². The maximum absolute atomic E-state index is 12.3. The van der Waals surface area contributed by atoms with E-state index in [1.54, 1.807) is 17.5 Å². The number of thiophene rings is 1. The number of rotatable bonds is 7. The van der Waals surface area contributed by atoms with Gasteiger partial charge in [0.1, 0.15) is 6.54 Å². The largest absolute Gasteiger partial charge is 0.406 e. The molecule has 0 bridgehead atoms. The molecular weight excluding hydrogens is 305 g/mol. The first-order chi connectivity index (χ1) is 9.83. The molecule has 0 saturated carbocycles. The third-order valence-corrected chi connectivity index (χ3v) is 3.31. The second-order valence-corrected chi connectivity index (χ2v) is 5.11. The molecule has 0 spiro atoms. The number of amides is 2. The average Bonchev–Trinajstić information content (AvgIpc) is 2.90. The minimum atomic E-state index is -4.46. The Balaban J connectivity index is 2.43. The van der Waals surface area contributed by atoms with Crippen molar-refractivity contribution >= 4 is 23.2 Å². The molecule has 1 aromatic rings. The smallest absolute Gasteiger partial charge is 0.351 e. The lowest BCUT2D eigenvalue weighted by molar-refractivity contribution is -0.160. The van der Waals surface area contributed by atoms with Crippen LogP contribution in [0, 0.1) is 0 Å². The number of carbonyl (C=O) groups is 2. The maximum atomic E-state index is 12.3. The first kappa shape index (κ1) is 17.2. The van der Waals surface area contributed by atoms with Gasteiger partial charge in [0.2, 0.25) is 5.91 Å². The highest BCUT2D eigenvalue weighted by Gasteiger charge is 2.32. The van der Waals surface area contributed by atoms with Crippen LogP contribution < -0.4 is 5.32 Å². The highest BCUT2D eigenvalue weighted by molar-refractivity contribution is 7.12. The van der Waals surface area contributed by atoms with Crippen LogP contribution in [0.25, 0.3) is 0 Å². The Labute approximate surface area is 124 Å². The predicted octanol–water partition coefficient (Wildman–Crippen LogP) is 2.44. The quantitative estimate of drug-likeness (QED) is 0.785. The van der Waals surface area contributed by atoms with E-state index < -0.39 is 18.6 Å². The molecule has 0 aliphatic heterocycles. The number of hydrogen-bond acceptors (Lipinski definition) is 3. The monoisotopic (exact) mass is 320 g/mol. The number of halogens is 3. The van der Waals surface area contributed by atoms with Gasteiger partial charge in [0, 0.05) is 19.5 Å². The molecule has 1 N–H and O–H groups in total. The maximum Gasteiger partial charge on any atom is 0.406 e. The molecule has 1 rings (SSSR count). The zero-order chi connectivity index (χ0) is 15.9. The van der Waals surface area contributed by atoms with E-state index in [0.717, 1.165) is 0 Å². The van der Waals surface area contributed by atoms with E-state index in [-0.39, 0.29) is 25.4 Å². The third-order valence-electron chi connectivity index (χ3n) is 2.44. The van der Waals surface area contributed by atoms with Crippen LogP contribution in [0.2, 0.25) is 0 Å². The van der Waals surface area contributed by atoms with Crippen molar-refractivity contribution in [2.75, 3.05) is 19.6 Å². The lowest BCUT2D eigenvalue weighted by Gasteiger charge is -2.22. The fraction of sp³-hybridized carbons (Fsp3) is 0.385. The second-order valence-electron chi connectivity index (χ2n) is 4.16. The SMILES string of the molecule is C=CCN(CC(F)(F)F)C(=O)CCNC(=O)c1cccs1. The number of alkyl halides is 3. The van der Waals surface area contributed by atoms with Gasteiger partial charge >= 0.3 is 6.18 Å². The Kier molecular flexibility index (Phi) is 6.41. The topological polar surface area (TPSA) is 49.4 Å². The van der Waals surface area contributed by atoms with Crippen LogP contribution in [0.1, 0.15) is 16.1 Å². The molecule has 1 aromatic heterocycles. The number of hydrogen-bond donors (Lipinski definition) is 1. The number of nitrogens with one attached hydrogen (secondary N) is 1. The molecule has 116 valence electrons. The highest BCUT2D eigenvalue weighted by Crippen LogP contribution is 2.17. The van der Waals surface area contributed by atoms with Gasteiger partial charge in [-0.15, -0.1) is 17.9 Å². The molecule has 2 amide bonds. The lowest BCUT2D eigenvalue weighted by Crippen LogP contribution is -2.40. The van der Waals surface area contributed by atoms with Gasteiger partial charge in [-0.1, -0.05) is 12.1 Å². The Bertz CT molecular complexity index is 486. The highest BCUT2D eigenvalue weighted by atomic mass is 32.1. The predicted molar refractivity (Wildman–Crippen MR) is 74.1 cm³/mol. The van der Waals surface area contributed by atoms with Gasteiger partial charge in [-0.05, 0) is 11.4 Å². The summed E-state index contributed by atoms with van der Waals surface area (Å²) in [5, 5.41) is 4.22. The van der Waals surface area contributed by atoms with Crippen molar-refractivity contribution in [3.8, 4) is 0 Å². The third kappa shape index (κ3) is 6.44. The van der Waals surface area contributed by atoms with Crippen molar-refractivity contribution < 1.29 is 22.8 Å². The summed E-state index contributed by atoms with van der Waals surface area (Å²) in [6.07, 6.45) is -3.42. The van der Waals surface area contributed by atoms with Crippen LogP contribution >= 0.6 is 11.3 Å². The summed E-state index contributed by atoms with van der Waals surface area (Å²) in [6.45, 7) is 1.81. The lowest BCUT2D eigenvalue weighted by atomic mass is 10.3. The zero-order valence-corrected chi connectivity index (χ0v) is 12.0. The van der Waals surface area contributed by atoms with E-state index in [1.807, 2.05) is 0 Å². The first-order valence-corrected chi connectivity index (χ1v) is 6.98. The minimum Gasteiger partial charge on any atom is -0.351 e. The number of nitrogens with zero attached hydrogens (tertiary/aromatic N) is 1. The van der Waals surface area contributed by atoms with Crippen LogP contribution in [0.5, 0.6) is 0 Å². The molecule has 1 heterocycles. The zero-order valence-electron chi connectivity index (χ0n) is 11.2. The summed E-state index contributed by atoms with van der Waals surface area (Å²) < 4.78 is 37.0. The van der Waals surface area contributed by atoms with E-state index in [9.17, 15) is 22.8 Å². The van der Waals surface area contributed by atoms with Gasteiger partial charge in [-0.3, -0.25) is 9.59 Å². The fourth-order valence-corrected chi connectivity index (χ4v) is 2.20. The van der Waals surface area contributed by atoms with Gasteiger partial charge in [0.25, 0.3) is 5.91 Å². The molecule has 0 aliphatic rings. The molecule has 0 radical (unpaired) electrons. The van der Waals surface area contributed by atoms with Crippen molar-refractivity contribution in [3.05, 3.63) is 35.0 Å². The summed E-state index contributed by atoms with van der Waals surface area (Å²) in [5.41, 5.74) is 0. The first-order valence-electron chi connectivity index (χ1n) is 6.10. The Morgan fingerprint density at radius 2 is 2.14 bits per heavy atom. The molecule has 4 nitrogen and oxygen atoms in total. The fourth-order valence-electron chi connectivity index (χ4n) is 1.56. The van der Waals surface area contributed by atoms with E-state index in [2.05, 4.69) is 11.9 Å². The van der Waals surface area contributed by atoms with E-state index >= 15 is 0 Å². The summed E-state index contributed by atoms with van der Waals surface area (Å²) in [5.74, 6) is -1.03. The van der Waals surface area contributed by atoms with Crippen molar-refractivity contribution in [2.45, 2.75) is 12.6 Å². The minimum absolute atomic E-state index is 0.0128. The molecule has 0 atom stereocenters. The van der Waals surface area contributed by atoms with Crippen LogP contribution in [0.4, 0.5) is 13.2 Å². The van der Waals surface area contributed by atoms with Crippen molar-refractivity contribution in [2.24, 2.45) is 0 Å². The standard InChI is InChI=1S/C13H15F3N2O2S/c1-2-7-18(9-13(14,15)16)11(19)5-6-17-12(20)10-4-3-8-21-10/h2-4,8H,1,5-7,9H2,(H,17,20). The summed E-state index contributed by atoms with van der Waals surface area (Å²) in [4.78, 5) is 24.4. The summed E-state index contributed by atoms with van der Waals surface area (Å²) in [7, 11) is 0. The number of carbonyl (C=O) groups excluding carboxylic acids is 2. The van der Waals surface area contributed by atoms with Gasteiger partial charge in [-0.25, -0.2) is 0 Å². The average molecular weight is 320 g/mol. The Morgan fingerprint density at radius 1 is 1.43 bits per heavy atom. The van der Waals surface area contributed by atoms with E-state index in [0.29, 0.717) is 9.78 Å². The Hall–Kier alpha value is -1.83. The van der Waals surface area contributed by atoms with Gasteiger partial charge in [0.05, 0.1) is 4.88 Å². The van der Waals surface area contributed by atoms with Crippen LogP contribution in [0.15, 0.2) is 30.2 Å². The van der Waals surface area contributed by atoms with Gasteiger partial charge in [-0.2, -0.15) is 13.2 Å². The molecule has 0 aromatic carbocycles. The molecule has 0 unspecified atom stereocenters. The van der Waals surface area contributed by atoms with Crippen LogP contribution in [-0.2, 0) is 4.79 Å².